The fourth-order valence-electron chi connectivity index (χ4n) is 2.73. The molecule has 0 fully saturated rings. The van der Waals surface area contributed by atoms with Gasteiger partial charge in [0.15, 0.2) is 0 Å². The highest BCUT2D eigenvalue weighted by Crippen LogP contribution is 2.33. The predicted molar refractivity (Wildman–Crippen MR) is 92.9 cm³/mol. The molecule has 1 atom stereocenters. The van der Waals surface area contributed by atoms with E-state index in [2.05, 4.69) is 0 Å². The van der Waals surface area contributed by atoms with E-state index in [1.54, 1.807) is 0 Å². The van der Waals surface area contributed by atoms with Crippen molar-refractivity contribution >= 4 is 30.4 Å². The van der Waals surface area contributed by atoms with Crippen LogP contribution < -0.4 is 0 Å². The van der Waals surface area contributed by atoms with Crippen molar-refractivity contribution < 1.29 is 38.9 Å². The van der Waals surface area contributed by atoms with E-state index in [4.69, 9.17) is 0 Å². The second-order valence-electron chi connectivity index (χ2n) is 5.93. The summed E-state index contributed by atoms with van der Waals surface area (Å²) < 4.78 is 97.7. The first-order valence-electron chi connectivity index (χ1n) is 7.81. The second-order valence-corrected chi connectivity index (χ2v) is 10.0. The zero-order valence-electron chi connectivity index (χ0n) is 14.3. The van der Waals surface area contributed by atoms with Crippen LogP contribution in [0.15, 0.2) is 26.8 Å². The lowest BCUT2D eigenvalue weighted by Gasteiger charge is -2.18. The molecule has 12 heteroatoms. The van der Waals surface area contributed by atoms with Gasteiger partial charge in [-0.15, -0.1) is 0 Å². The van der Waals surface area contributed by atoms with Gasteiger partial charge in [0.1, 0.15) is 14.7 Å². The minimum atomic E-state index is -5.39. The van der Waals surface area contributed by atoms with Crippen molar-refractivity contribution in [3.8, 4) is 0 Å². The maximum atomic E-state index is 11.8. The molecule has 0 spiro atoms. The summed E-state index contributed by atoms with van der Waals surface area (Å²) in [4.78, 5) is -4.10. The Hall–Kier alpha value is -1.05. The summed E-state index contributed by atoms with van der Waals surface area (Å²) in [5.74, 6) is -0.0544. The fourth-order valence-corrected chi connectivity index (χ4v) is 6.15. The van der Waals surface area contributed by atoms with Gasteiger partial charge in [-0.05, 0) is 24.0 Å². The van der Waals surface area contributed by atoms with Crippen LogP contribution in [0, 0.1) is 5.92 Å². The molecule has 0 aromatic heterocycles. The molecule has 0 aliphatic heterocycles. The molecule has 1 aromatic carbocycles. The first-order valence-corrected chi connectivity index (χ1v) is 12.1. The van der Waals surface area contributed by atoms with E-state index in [0.29, 0.717) is 18.9 Å². The van der Waals surface area contributed by atoms with Crippen molar-refractivity contribution in [2.45, 2.75) is 60.6 Å². The maximum Gasteiger partial charge on any atom is 0.297 e. The average Bonchev–Trinajstić information content (AvgIpc) is 2.47. The van der Waals surface area contributed by atoms with Crippen LogP contribution in [0.5, 0.6) is 0 Å². The number of unbranched alkanes of at least 4 members (excludes halogenated alkanes) is 1. The molecule has 0 amide bonds. The van der Waals surface area contributed by atoms with Crippen LogP contribution in [0.4, 0.5) is 0 Å². The molecule has 0 aliphatic carbocycles. The summed E-state index contributed by atoms with van der Waals surface area (Å²) in [5, 5.41) is 0. The van der Waals surface area contributed by atoms with E-state index in [-0.39, 0.29) is 17.9 Å². The molecular formula is C14H22O9S3. The highest BCUT2D eigenvalue weighted by Gasteiger charge is 2.34. The topological polar surface area (TPSA) is 163 Å². The van der Waals surface area contributed by atoms with E-state index >= 15 is 0 Å². The van der Waals surface area contributed by atoms with Crippen molar-refractivity contribution in [1.82, 2.24) is 0 Å². The molecule has 1 unspecified atom stereocenters. The largest absolute Gasteiger partial charge is 0.297 e. The number of hydrogen-bond acceptors (Lipinski definition) is 6. The van der Waals surface area contributed by atoms with Crippen LogP contribution in [0.2, 0.25) is 0 Å². The van der Waals surface area contributed by atoms with Gasteiger partial charge in [0.05, 0.1) is 0 Å². The quantitative estimate of drug-likeness (QED) is 0.498. The number of hydrogen-bond donors (Lipinski definition) is 3. The third kappa shape index (κ3) is 5.72. The Morgan fingerprint density at radius 1 is 0.846 bits per heavy atom. The lowest BCUT2D eigenvalue weighted by Crippen LogP contribution is -2.18. The monoisotopic (exact) mass is 430 g/mol. The Bertz CT molecular complexity index is 961. The molecular weight excluding hydrogens is 408 g/mol. The van der Waals surface area contributed by atoms with Gasteiger partial charge >= 0.3 is 0 Å². The van der Waals surface area contributed by atoms with E-state index in [1.807, 2.05) is 13.8 Å². The van der Waals surface area contributed by atoms with Crippen LogP contribution in [0.1, 0.15) is 45.1 Å². The number of rotatable bonds is 9. The summed E-state index contributed by atoms with van der Waals surface area (Å²) >= 11 is 0. The molecule has 0 saturated carbocycles. The first-order chi connectivity index (χ1) is 11.7. The summed E-state index contributed by atoms with van der Waals surface area (Å²) in [6, 6.07) is 1.70. The van der Waals surface area contributed by atoms with Gasteiger partial charge in [-0.2, -0.15) is 25.3 Å². The summed E-state index contributed by atoms with van der Waals surface area (Å²) in [6.45, 7) is 3.82. The molecule has 0 heterocycles. The molecule has 0 bridgehead atoms. The summed E-state index contributed by atoms with van der Waals surface area (Å²) in [5.41, 5.74) is -0.157. The van der Waals surface area contributed by atoms with Gasteiger partial charge in [-0.3, -0.25) is 13.7 Å². The molecule has 3 N–H and O–H groups in total. The highest BCUT2D eigenvalue weighted by atomic mass is 32.2. The van der Waals surface area contributed by atoms with Crippen molar-refractivity contribution in [3.05, 3.63) is 17.7 Å². The van der Waals surface area contributed by atoms with E-state index in [1.165, 1.54) is 0 Å². The Balaban J connectivity index is 3.80. The minimum absolute atomic E-state index is 0.0416. The standard InChI is InChI=1S/C14H22O9S3/c1-3-5-6-10(4-2)9-11-7-8-12(24(15,16)17)14(26(21,22)23)13(11)25(18,19)20/h7-8,10H,3-6,9H2,1-2H3,(H,15,16,17)(H,18,19,20)(H,21,22,23). The Morgan fingerprint density at radius 2 is 1.38 bits per heavy atom. The van der Waals surface area contributed by atoms with Crippen LogP contribution in [0.25, 0.3) is 0 Å². The van der Waals surface area contributed by atoms with Gasteiger partial charge in [0, 0.05) is 0 Å². The molecule has 0 aliphatic rings. The first kappa shape index (κ1) is 23.0. The molecule has 150 valence electrons. The minimum Gasteiger partial charge on any atom is -0.282 e. The van der Waals surface area contributed by atoms with Crippen LogP contribution in [0.3, 0.4) is 0 Å². The van der Waals surface area contributed by atoms with Gasteiger partial charge in [-0.1, -0.05) is 45.6 Å². The van der Waals surface area contributed by atoms with E-state index in [9.17, 15) is 38.9 Å². The molecule has 1 rings (SSSR count). The maximum absolute atomic E-state index is 11.8. The lowest BCUT2D eigenvalue weighted by atomic mass is 9.92. The molecule has 0 radical (unpaired) electrons. The third-order valence-electron chi connectivity index (χ3n) is 4.00. The Kier molecular flexibility index (Phi) is 7.35. The fraction of sp³-hybridized carbons (Fsp3) is 0.571. The zero-order chi connectivity index (χ0) is 20.3. The Morgan fingerprint density at radius 3 is 1.77 bits per heavy atom. The van der Waals surface area contributed by atoms with Gasteiger partial charge in [0.25, 0.3) is 30.4 Å². The van der Waals surface area contributed by atoms with Crippen LogP contribution >= 0.6 is 0 Å². The SMILES string of the molecule is CCCCC(CC)Cc1ccc(S(=O)(=O)O)c(S(=O)(=O)O)c1S(=O)(=O)O. The lowest BCUT2D eigenvalue weighted by molar-refractivity contribution is 0.435. The third-order valence-corrected chi connectivity index (χ3v) is 7.08. The van der Waals surface area contributed by atoms with E-state index < -0.39 is 45.0 Å². The normalized spacial score (nSPS) is 14.3. The van der Waals surface area contributed by atoms with E-state index in [0.717, 1.165) is 18.9 Å². The number of benzene rings is 1. The van der Waals surface area contributed by atoms with Crippen molar-refractivity contribution in [1.29, 1.82) is 0 Å². The van der Waals surface area contributed by atoms with Crippen molar-refractivity contribution in [2.24, 2.45) is 5.92 Å². The van der Waals surface area contributed by atoms with Gasteiger partial charge < -0.3 is 0 Å². The van der Waals surface area contributed by atoms with Crippen LogP contribution in [-0.2, 0) is 36.8 Å². The van der Waals surface area contributed by atoms with Crippen molar-refractivity contribution in [2.75, 3.05) is 0 Å². The highest BCUT2D eigenvalue weighted by molar-refractivity contribution is 7.90. The second kappa shape index (κ2) is 8.31. The molecule has 1 aromatic rings. The zero-order valence-corrected chi connectivity index (χ0v) is 16.7. The van der Waals surface area contributed by atoms with Crippen molar-refractivity contribution in [3.63, 3.8) is 0 Å². The van der Waals surface area contributed by atoms with Gasteiger partial charge in [-0.25, -0.2) is 0 Å². The molecule has 9 nitrogen and oxygen atoms in total. The summed E-state index contributed by atoms with van der Waals surface area (Å²) in [6.07, 6.45) is 3.11. The smallest absolute Gasteiger partial charge is 0.282 e. The van der Waals surface area contributed by atoms with Gasteiger partial charge in [0.2, 0.25) is 0 Å². The van der Waals surface area contributed by atoms with Crippen LogP contribution in [-0.4, -0.2) is 38.9 Å². The predicted octanol–water partition coefficient (Wildman–Crippen LogP) is 2.19. The molecule has 26 heavy (non-hydrogen) atoms. The average molecular weight is 431 g/mol. The summed E-state index contributed by atoms with van der Waals surface area (Å²) in [7, 11) is -15.8. The molecule has 0 saturated heterocycles. The Labute approximate surface area is 153 Å².